The van der Waals surface area contributed by atoms with Gasteiger partial charge in [0.1, 0.15) is 0 Å². The van der Waals surface area contributed by atoms with E-state index in [1.807, 2.05) is 0 Å². The maximum absolute atomic E-state index is 2.46. The molecule has 0 spiro atoms. The minimum atomic E-state index is -1.20. The Morgan fingerprint density at radius 3 is 1.05 bits per heavy atom. The second-order valence-corrected chi connectivity index (χ2v) is 11.9. The van der Waals surface area contributed by atoms with E-state index in [0.29, 0.717) is 0 Å². The SMILES string of the molecule is CCCC[Si](C(CC)CC)(C(CC)CC)C(CC)CC. The zero-order valence-electron chi connectivity index (χ0n) is 15.6. The van der Waals surface area contributed by atoms with Gasteiger partial charge in [0.2, 0.25) is 0 Å². The highest BCUT2D eigenvalue weighted by molar-refractivity contribution is 6.83. The molecule has 0 aromatic heterocycles. The van der Waals surface area contributed by atoms with Gasteiger partial charge in [-0.3, -0.25) is 0 Å². The molecule has 0 atom stereocenters. The Bertz CT molecular complexity index is 181. The minimum Gasteiger partial charge on any atom is -0.0654 e. The summed E-state index contributed by atoms with van der Waals surface area (Å²) in [5.41, 5.74) is 3.18. The third-order valence-electron chi connectivity index (χ3n) is 6.20. The molecule has 0 nitrogen and oxygen atoms in total. The molecule has 0 unspecified atom stereocenters. The summed E-state index contributed by atoms with van der Waals surface area (Å²) in [4.78, 5) is 0. The van der Waals surface area contributed by atoms with Crippen LogP contribution in [0.25, 0.3) is 0 Å². The van der Waals surface area contributed by atoms with Crippen LogP contribution < -0.4 is 0 Å². The van der Waals surface area contributed by atoms with Gasteiger partial charge in [0, 0.05) is 0 Å². The van der Waals surface area contributed by atoms with E-state index in [2.05, 4.69) is 48.5 Å². The molecule has 0 N–H and O–H groups in total. The van der Waals surface area contributed by atoms with Crippen molar-refractivity contribution in [2.24, 2.45) is 0 Å². The van der Waals surface area contributed by atoms with Gasteiger partial charge in [0.05, 0.1) is 8.07 Å². The number of hydrogen-bond acceptors (Lipinski definition) is 0. The van der Waals surface area contributed by atoms with Crippen molar-refractivity contribution in [1.82, 2.24) is 0 Å². The van der Waals surface area contributed by atoms with Gasteiger partial charge < -0.3 is 0 Å². The van der Waals surface area contributed by atoms with Crippen LogP contribution in [0.2, 0.25) is 22.7 Å². The van der Waals surface area contributed by atoms with Crippen molar-refractivity contribution in [2.45, 2.75) is 123 Å². The topological polar surface area (TPSA) is 0 Å². The lowest BCUT2D eigenvalue weighted by molar-refractivity contribution is 0.583. The van der Waals surface area contributed by atoms with Crippen LogP contribution in [0, 0.1) is 0 Å². The lowest BCUT2D eigenvalue weighted by Crippen LogP contribution is -2.48. The zero-order chi connectivity index (χ0) is 15.6. The smallest absolute Gasteiger partial charge is 0.0628 e. The van der Waals surface area contributed by atoms with E-state index >= 15 is 0 Å². The van der Waals surface area contributed by atoms with Crippen LogP contribution in [-0.2, 0) is 0 Å². The highest BCUT2D eigenvalue weighted by Crippen LogP contribution is 2.53. The molecule has 0 aliphatic carbocycles. The van der Waals surface area contributed by atoms with Gasteiger partial charge >= 0.3 is 0 Å². The van der Waals surface area contributed by atoms with Crippen molar-refractivity contribution in [3.05, 3.63) is 0 Å². The van der Waals surface area contributed by atoms with E-state index in [1.165, 1.54) is 51.4 Å². The van der Waals surface area contributed by atoms with Gasteiger partial charge in [-0.25, -0.2) is 0 Å². The van der Waals surface area contributed by atoms with E-state index in [0.717, 1.165) is 16.6 Å². The van der Waals surface area contributed by atoms with Crippen LogP contribution in [0.1, 0.15) is 99.8 Å². The average molecular weight is 299 g/mol. The number of hydrogen-bond donors (Lipinski definition) is 0. The molecule has 0 aromatic carbocycles. The predicted octanol–water partition coefficient (Wildman–Crippen LogP) is 7.81. The molecule has 0 saturated carbocycles. The van der Waals surface area contributed by atoms with Crippen LogP contribution in [-0.4, -0.2) is 8.07 Å². The molecule has 0 bridgehead atoms. The van der Waals surface area contributed by atoms with Gasteiger partial charge in [-0.2, -0.15) is 0 Å². The third kappa shape index (κ3) is 4.35. The second kappa shape index (κ2) is 10.9. The Morgan fingerprint density at radius 2 is 0.850 bits per heavy atom. The maximum atomic E-state index is 2.46. The molecule has 0 fully saturated rings. The molecule has 0 heterocycles. The Labute approximate surface area is 131 Å². The fraction of sp³-hybridized carbons (Fsp3) is 1.00. The van der Waals surface area contributed by atoms with Crippen molar-refractivity contribution < 1.29 is 0 Å². The lowest BCUT2D eigenvalue weighted by atomic mass is 10.2. The van der Waals surface area contributed by atoms with Gasteiger partial charge in [-0.15, -0.1) is 0 Å². The molecule has 0 radical (unpaired) electrons. The van der Waals surface area contributed by atoms with Crippen molar-refractivity contribution in [1.29, 1.82) is 0 Å². The predicted molar refractivity (Wildman–Crippen MR) is 98.5 cm³/mol. The first-order valence-electron chi connectivity index (χ1n) is 9.62. The Hall–Kier alpha value is 0.217. The van der Waals surface area contributed by atoms with E-state index in [-0.39, 0.29) is 0 Å². The minimum absolute atomic E-state index is 1.06. The van der Waals surface area contributed by atoms with E-state index in [1.54, 1.807) is 6.04 Å². The van der Waals surface area contributed by atoms with Crippen LogP contribution in [0.3, 0.4) is 0 Å². The maximum Gasteiger partial charge on any atom is 0.0628 e. The summed E-state index contributed by atoms with van der Waals surface area (Å²) in [5, 5.41) is 0. The van der Waals surface area contributed by atoms with E-state index in [9.17, 15) is 0 Å². The van der Waals surface area contributed by atoms with Gasteiger partial charge in [-0.05, 0) is 16.6 Å². The fourth-order valence-corrected chi connectivity index (χ4v) is 14.0. The van der Waals surface area contributed by atoms with Gasteiger partial charge in [0.15, 0.2) is 0 Å². The lowest BCUT2D eigenvalue weighted by Gasteiger charge is -2.50. The quantitative estimate of drug-likeness (QED) is 0.322. The third-order valence-corrected chi connectivity index (χ3v) is 14.4. The summed E-state index contributed by atoms with van der Waals surface area (Å²) in [6, 6.07) is 1.61. The molecule has 1 heteroatoms. The standard InChI is InChI=1S/C19H42Si/c1-8-15-16-20(17(9-2)10-3,18(11-4)12-5)19(13-6)14-7/h17-19H,8-16H2,1-7H3. The van der Waals surface area contributed by atoms with Crippen molar-refractivity contribution >= 4 is 8.07 Å². The number of rotatable bonds is 12. The molecule has 0 aliphatic heterocycles. The van der Waals surface area contributed by atoms with Crippen molar-refractivity contribution in [3.8, 4) is 0 Å². The first-order valence-corrected chi connectivity index (χ1v) is 12.1. The van der Waals surface area contributed by atoms with Gasteiger partial charge in [0.25, 0.3) is 0 Å². The molecule has 122 valence electrons. The van der Waals surface area contributed by atoms with Crippen molar-refractivity contribution in [3.63, 3.8) is 0 Å². The summed E-state index contributed by atoms with van der Waals surface area (Å²) in [6.45, 7) is 17.2. The zero-order valence-corrected chi connectivity index (χ0v) is 16.6. The highest BCUT2D eigenvalue weighted by atomic mass is 28.3. The highest BCUT2D eigenvalue weighted by Gasteiger charge is 2.47. The summed E-state index contributed by atoms with van der Waals surface area (Å²) in [7, 11) is -1.20. The van der Waals surface area contributed by atoms with E-state index < -0.39 is 8.07 Å². The molecule has 0 aromatic rings. The Balaban J connectivity index is 5.70. The molecule has 0 saturated heterocycles. The summed E-state index contributed by atoms with van der Waals surface area (Å²) in [6.07, 6.45) is 11.4. The van der Waals surface area contributed by atoms with Crippen molar-refractivity contribution in [2.75, 3.05) is 0 Å². The Kier molecular flexibility index (Phi) is 11.0. The average Bonchev–Trinajstić information content (AvgIpc) is 2.48. The molecular formula is C19H42Si. The summed E-state index contributed by atoms with van der Waals surface area (Å²) < 4.78 is 0. The largest absolute Gasteiger partial charge is 0.0654 e. The summed E-state index contributed by atoms with van der Waals surface area (Å²) in [5.74, 6) is 0. The molecule has 0 amide bonds. The Morgan fingerprint density at radius 1 is 0.550 bits per heavy atom. The molecule has 20 heavy (non-hydrogen) atoms. The summed E-state index contributed by atoms with van der Waals surface area (Å²) >= 11 is 0. The van der Waals surface area contributed by atoms with Crippen LogP contribution in [0.5, 0.6) is 0 Å². The monoisotopic (exact) mass is 298 g/mol. The fourth-order valence-electron chi connectivity index (χ4n) is 5.24. The molecular weight excluding hydrogens is 256 g/mol. The van der Waals surface area contributed by atoms with Gasteiger partial charge in [-0.1, -0.05) is 106 Å². The number of unbranched alkanes of at least 4 members (excludes halogenated alkanes) is 1. The second-order valence-electron chi connectivity index (χ2n) is 6.76. The van der Waals surface area contributed by atoms with Crippen LogP contribution in [0.4, 0.5) is 0 Å². The first kappa shape index (κ1) is 20.2. The molecule has 0 rings (SSSR count). The van der Waals surface area contributed by atoms with E-state index in [4.69, 9.17) is 0 Å². The molecule has 0 aliphatic rings. The van der Waals surface area contributed by atoms with Crippen LogP contribution in [0.15, 0.2) is 0 Å². The van der Waals surface area contributed by atoms with Crippen LogP contribution >= 0.6 is 0 Å². The normalized spacial score (nSPS) is 12.9. The first-order chi connectivity index (χ1) is 9.62.